The van der Waals surface area contributed by atoms with Crippen molar-refractivity contribution in [2.24, 2.45) is 5.92 Å². The highest BCUT2D eigenvalue weighted by Crippen LogP contribution is 2.45. The topological polar surface area (TPSA) is 66.8 Å². The molecule has 4 heteroatoms. The number of phenols is 2. The zero-order valence-electron chi connectivity index (χ0n) is 13.7. The smallest absolute Gasteiger partial charge is 0.174 e. The minimum Gasteiger partial charge on any atom is -0.507 e. The van der Waals surface area contributed by atoms with Crippen molar-refractivity contribution in [2.75, 3.05) is 0 Å². The molecule has 2 aromatic rings. The molecule has 0 saturated carbocycles. The molecule has 0 bridgehead atoms. The Morgan fingerprint density at radius 3 is 2.54 bits per heavy atom. The lowest BCUT2D eigenvalue weighted by atomic mass is 9.93. The summed E-state index contributed by atoms with van der Waals surface area (Å²) < 4.78 is 6.02. The molecular weight excluding hydrogens is 304 g/mol. The molecule has 1 unspecified atom stereocenters. The first-order chi connectivity index (χ1) is 11.5. The van der Waals surface area contributed by atoms with Crippen LogP contribution in [0.5, 0.6) is 17.2 Å². The van der Waals surface area contributed by atoms with Crippen molar-refractivity contribution in [1.29, 1.82) is 0 Å². The molecule has 4 nitrogen and oxygen atoms in total. The van der Waals surface area contributed by atoms with E-state index >= 15 is 0 Å². The fourth-order valence-corrected chi connectivity index (χ4v) is 2.80. The molecule has 1 atom stereocenters. The lowest BCUT2D eigenvalue weighted by molar-refractivity contribution is 0.0844. The Hall–Kier alpha value is -2.75. The number of benzene rings is 2. The number of allylic oxidation sites excluding steroid dienone is 1. The summed E-state index contributed by atoms with van der Waals surface area (Å²) in [5.74, 6) is -0.0280. The van der Waals surface area contributed by atoms with Crippen LogP contribution in [-0.2, 0) is 0 Å². The van der Waals surface area contributed by atoms with E-state index in [1.165, 1.54) is 6.07 Å². The van der Waals surface area contributed by atoms with Crippen molar-refractivity contribution >= 4 is 11.9 Å². The first-order valence-corrected chi connectivity index (χ1v) is 7.99. The maximum absolute atomic E-state index is 12.5. The van der Waals surface area contributed by atoms with Gasteiger partial charge in [-0.25, -0.2) is 0 Å². The summed E-state index contributed by atoms with van der Waals surface area (Å²) in [7, 11) is 0. The highest BCUT2D eigenvalue weighted by Gasteiger charge is 2.33. The summed E-state index contributed by atoms with van der Waals surface area (Å²) in [4.78, 5) is 12.5. The minimum atomic E-state index is -0.432. The summed E-state index contributed by atoms with van der Waals surface area (Å²) >= 11 is 0. The molecule has 0 fully saturated rings. The van der Waals surface area contributed by atoms with Gasteiger partial charge in [0, 0.05) is 6.07 Å². The maximum Gasteiger partial charge on any atom is 0.174 e. The molecule has 0 radical (unpaired) electrons. The van der Waals surface area contributed by atoms with Gasteiger partial charge in [-0.3, -0.25) is 4.79 Å². The molecule has 0 aliphatic carbocycles. The molecule has 1 aliphatic heterocycles. The second-order valence-electron chi connectivity index (χ2n) is 6.28. The molecule has 0 spiro atoms. The van der Waals surface area contributed by atoms with Gasteiger partial charge in [0.15, 0.2) is 5.78 Å². The van der Waals surface area contributed by atoms with Gasteiger partial charge in [-0.2, -0.15) is 0 Å². The zero-order valence-corrected chi connectivity index (χ0v) is 13.7. The Balaban J connectivity index is 2.10. The van der Waals surface area contributed by atoms with Gasteiger partial charge in [-0.15, -0.1) is 0 Å². The first kappa shape index (κ1) is 16.1. The van der Waals surface area contributed by atoms with Crippen LogP contribution in [0.15, 0.2) is 42.5 Å². The summed E-state index contributed by atoms with van der Waals surface area (Å²) in [5, 5.41) is 20.3. The summed E-state index contributed by atoms with van der Waals surface area (Å²) in [6.45, 7) is 4.03. The lowest BCUT2D eigenvalue weighted by Crippen LogP contribution is -2.21. The van der Waals surface area contributed by atoms with Crippen LogP contribution >= 0.6 is 0 Å². The van der Waals surface area contributed by atoms with Gasteiger partial charge in [-0.1, -0.05) is 56.3 Å². The van der Waals surface area contributed by atoms with E-state index in [1.54, 1.807) is 6.08 Å². The number of carbonyl (C=O) groups is 1. The number of hydrogen-bond acceptors (Lipinski definition) is 4. The van der Waals surface area contributed by atoms with E-state index in [4.69, 9.17) is 4.74 Å². The maximum atomic E-state index is 12.5. The van der Waals surface area contributed by atoms with E-state index in [0.29, 0.717) is 5.56 Å². The molecule has 0 aromatic heterocycles. The fourth-order valence-electron chi connectivity index (χ4n) is 2.80. The standard InChI is InChI=1S/C20H20O4/c1-12(2)8-9-14-15(21)10-16(22)19-17(23)11-18(24-20(14)19)13-6-4-3-5-7-13/h3-10,12,18,21-22H,11H2,1-2H3. The number of phenolic OH excluding ortho intramolecular Hbond substituents is 2. The fraction of sp³-hybridized carbons (Fsp3) is 0.250. The third-order valence-electron chi connectivity index (χ3n) is 4.01. The number of ether oxygens (including phenoxy) is 1. The van der Waals surface area contributed by atoms with Crippen molar-refractivity contribution in [3.63, 3.8) is 0 Å². The van der Waals surface area contributed by atoms with Crippen LogP contribution in [0, 0.1) is 5.92 Å². The number of fused-ring (bicyclic) bond motifs is 1. The third-order valence-corrected chi connectivity index (χ3v) is 4.01. The van der Waals surface area contributed by atoms with E-state index in [0.717, 1.165) is 5.56 Å². The summed E-state index contributed by atoms with van der Waals surface area (Å²) in [6.07, 6.45) is 3.37. The molecule has 24 heavy (non-hydrogen) atoms. The highest BCUT2D eigenvalue weighted by atomic mass is 16.5. The molecule has 124 valence electrons. The van der Waals surface area contributed by atoms with Crippen LogP contribution in [0.25, 0.3) is 6.08 Å². The summed E-state index contributed by atoms with van der Waals surface area (Å²) in [5.41, 5.74) is 1.45. The van der Waals surface area contributed by atoms with Crippen LogP contribution in [0.1, 0.15) is 47.9 Å². The number of carbonyl (C=O) groups excluding carboxylic acids is 1. The Morgan fingerprint density at radius 2 is 1.88 bits per heavy atom. The van der Waals surface area contributed by atoms with Gasteiger partial charge < -0.3 is 14.9 Å². The van der Waals surface area contributed by atoms with Gasteiger partial charge in [0.2, 0.25) is 0 Å². The second kappa shape index (κ2) is 6.40. The molecular formula is C20H20O4. The summed E-state index contributed by atoms with van der Waals surface area (Å²) in [6, 6.07) is 10.7. The number of hydrogen-bond donors (Lipinski definition) is 2. The molecule has 1 aliphatic rings. The molecule has 0 amide bonds. The largest absolute Gasteiger partial charge is 0.507 e. The van der Waals surface area contributed by atoms with Crippen LogP contribution in [0.4, 0.5) is 0 Å². The Labute approximate surface area is 141 Å². The van der Waals surface area contributed by atoms with E-state index in [9.17, 15) is 15.0 Å². The van der Waals surface area contributed by atoms with E-state index in [1.807, 2.05) is 50.3 Å². The SMILES string of the molecule is CC(C)C=Cc1c(O)cc(O)c2c1OC(c1ccccc1)CC2=O. The lowest BCUT2D eigenvalue weighted by Gasteiger charge is -2.27. The molecule has 2 aromatic carbocycles. The van der Waals surface area contributed by atoms with Crippen molar-refractivity contribution in [3.05, 3.63) is 59.2 Å². The second-order valence-corrected chi connectivity index (χ2v) is 6.28. The van der Waals surface area contributed by atoms with Crippen LogP contribution in [0.3, 0.4) is 0 Å². The quantitative estimate of drug-likeness (QED) is 0.874. The van der Waals surface area contributed by atoms with E-state index in [-0.39, 0.29) is 40.9 Å². The third kappa shape index (κ3) is 3.00. The van der Waals surface area contributed by atoms with Crippen LogP contribution in [-0.4, -0.2) is 16.0 Å². The van der Waals surface area contributed by atoms with Crippen molar-refractivity contribution in [2.45, 2.75) is 26.4 Å². The monoisotopic (exact) mass is 324 g/mol. The predicted molar refractivity (Wildman–Crippen MR) is 92.4 cm³/mol. The van der Waals surface area contributed by atoms with Gasteiger partial charge in [0.1, 0.15) is 28.9 Å². The average molecular weight is 324 g/mol. The van der Waals surface area contributed by atoms with E-state index in [2.05, 4.69) is 0 Å². The van der Waals surface area contributed by atoms with Crippen molar-refractivity contribution in [1.82, 2.24) is 0 Å². The number of ketones is 1. The number of aromatic hydroxyl groups is 2. The molecule has 3 rings (SSSR count). The first-order valence-electron chi connectivity index (χ1n) is 7.99. The van der Waals surface area contributed by atoms with Gasteiger partial charge in [0.05, 0.1) is 12.0 Å². The molecule has 0 saturated heterocycles. The molecule has 2 N–H and O–H groups in total. The van der Waals surface area contributed by atoms with Crippen LogP contribution in [0.2, 0.25) is 0 Å². The minimum absolute atomic E-state index is 0.107. The highest BCUT2D eigenvalue weighted by molar-refractivity contribution is 6.04. The number of rotatable bonds is 3. The van der Waals surface area contributed by atoms with Gasteiger partial charge in [-0.05, 0) is 11.5 Å². The van der Waals surface area contributed by atoms with Gasteiger partial charge in [0.25, 0.3) is 0 Å². The average Bonchev–Trinajstić information content (AvgIpc) is 2.54. The zero-order chi connectivity index (χ0) is 17.3. The Kier molecular flexibility index (Phi) is 4.30. The van der Waals surface area contributed by atoms with Crippen LogP contribution < -0.4 is 4.74 Å². The van der Waals surface area contributed by atoms with Gasteiger partial charge >= 0.3 is 0 Å². The normalized spacial score (nSPS) is 17.1. The van der Waals surface area contributed by atoms with Crippen molar-refractivity contribution in [3.8, 4) is 17.2 Å². The Morgan fingerprint density at radius 1 is 1.17 bits per heavy atom. The van der Waals surface area contributed by atoms with E-state index < -0.39 is 6.10 Å². The number of Topliss-reactive ketones (excluding diaryl/α,β-unsaturated/α-hetero) is 1. The van der Waals surface area contributed by atoms with Crippen molar-refractivity contribution < 1.29 is 19.7 Å². The predicted octanol–water partition coefficient (Wildman–Crippen LogP) is 4.47. The molecule has 1 heterocycles. The Bertz CT molecular complexity index is 791.